The van der Waals surface area contributed by atoms with Gasteiger partial charge in [0.1, 0.15) is 0 Å². The van der Waals surface area contributed by atoms with Crippen molar-refractivity contribution in [3.8, 4) is 0 Å². The van der Waals surface area contributed by atoms with E-state index in [1.165, 1.54) is 51.4 Å². The first kappa shape index (κ1) is 17.0. The summed E-state index contributed by atoms with van der Waals surface area (Å²) in [6.45, 7) is 8.94. The van der Waals surface area contributed by atoms with Crippen molar-refractivity contribution in [2.24, 2.45) is 11.8 Å². The monoisotopic (exact) mass is 269 g/mol. The Kier molecular flexibility index (Phi) is 8.01. The molecule has 1 N–H and O–H groups in total. The van der Waals surface area contributed by atoms with Crippen LogP contribution in [0.3, 0.4) is 0 Å². The minimum Gasteiger partial charge on any atom is -0.373 e. The molecule has 0 bridgehead atoms. The molecule has 1 atom stereocenters. The summed E-state index contributed by atoms with van der Waals surface area (Å²) < 4.78 is 6.45. The van der Waals surface area contributed by atoms with Crippen molar-refractivity contribution < 1.29 is 4.74 Å². The van der Waals surface area contributed by atoms with Crippen molar-refractivity contribution >= 4 is 0 Å². The van der Waals surface area contributed by atoms with E-state index >= 15 is 0 Å². The molecule has 0 aliphatic heterocycles. The van der Waals surface area contributed by atoms with E-state index in [1.54, 1.807) is 0 Å². The molecule has 1 unspecified atom stereocenters. The quantitative estimate of drug-likeness (QED) is 0.670. The molecule has 0 saturated heterocycles. The first-order valence-corrected chi connectivity index (χ1v) is 8.44. The third-order valence-electron chi connectivity index (χ3n) is 4.85. The van der Waals surface area contributed by atoms with Gasteiger partial charge in [0.05, 0.1) is 12.2 Å². The van der Waals surface area contributed by atoms with Gasteiger partial charge in [-0.3, -0.25) is 0 Å². The Bertz CT molecular complexity index is 221. The van der Waals surface area contributed by atoms with Gasteiger partial charge in [-0.05, 0) is 51.0 Å². The molecular formula is C17H35NO. The van der Waals surface area contributed by atoms with E-state index in [0.717, 1.165) is 25.0 Å². The molecule has 0 radical (unpaired) electrons. The van der Waals surface area contributed by atoms with Gasteiger partial charge in [-0.2, -0.15) is 0 Å². The highest BCUT2D eigenvalue weighted by Crippen LogP contribution is 2.35. The second-order valence-corrected chi connectivity index (χ2v) is 6.62. The topological polar surface area (TPSA) is 21.3 Å². The summed E-state index contributed by atoms with van der Waals surface area (Å²) in [6, 6.07) is 0. The molecule has 1 fully saturated rings. The van der Waals surface area contributed by atoms with E-state index in [0.29, 0.717) is 0 Å². The van der Waals surface area contributed by atoms with Crippen LogP contribution in [0.25, 0.3) is 0 Å². The molecule has 2 nitrogen and oxygen atoms in total. The lowest BCUT2D eigenvalue weighted by Crippen LogP contribution is -2.45. The summed E-state index contributed by atoms with van der Waals surface area (Å²) in [5.74, 6) is 1.64. The lowest BCUT2D eigenvalue weighted by molar-refractivity contribution is -0.0880. The first-order valence-electron chi connectivity index (χ1n) is 8.44. The van der Waals surface area contributed by atoms with Crippen molar-refractivity contribution in [3.63, 3.8) is 0 Å². The summed E-state index contributed by atoms with van der Waals surface area (Å²) in [7, 11) is 2.05. The van der Waals surface area contributed by atoms with Crippen LogP contribution in [0.15, 0.2) is 0 Å². The van der Waals surface area contributed by atoms with Crippen LogP contribution < -0.4 is 5.32 Å². The summed E-state index contributed by atoms with van der Waals surface area (Å²) in [5, 5.41) is 3.35. The van der Waals surface area contributed by atoms with E-state index in [-0.39, 0.29) is 5.60 Å². The lowest BCUT2D eigenvalue weighted by Gasteiger charge is -2.40. The zero-order valence-electron chi connectivity index (χ0n) is 13.6. The summed E-state index contributed by atoms with van der Waals surface area (Å²) in [6.07, 6.45) is 10.4. The molecule has 1 rings (SSSR count). The molecule has 1 saturated carbocycles. The molecule has 0 heterocycles. The molecule has 19 heavy (non-hydrogen) atoms. The second-order valence-electron chi connectivity index (χ2n) is 6.62. The highest BCUT2D eigenvalue weighted by Gasteiger charge is 2.34. The maximum Gasteiger partial charge on any atom is 0.0806 e. The Morgan fingerprint density at radius 2 is 1.95 bits per heavy atom. The Morgan fingerprint density at radius 1 is 1.26 bits per heavy atom. The van der Waals surface area contributed by atoms with Crippen LogP contribution in [-0.2, 0) is 4.74 Å². The molecule has 0 spiro atoms. The molecule has 1 aliphatic carbocycles. The SMILES string of the molecule is CCCCC(CC)COC1(CNC)CCC(C)CC1. The minimum atomic E-state index is 0.126. The number of nitrogens with one attached hydrogen (secondary N) is 1. The van der Waals surface area contributed by atoms with Crippen LogP contribution in [0, 0.1) is 11.8 Å². The third-order valence-corrected chi connectivity index (χ3v) is 4.85. The lowest BCUT2D eigenvalue weighted by atomic mass is 9.79. The van der Waals surface area contributed by atoms with Crippen LogP contribution in [0.5, 0.6) is 0 Å². The standard InChI is InChI=1S/C17H35NO/c1-5-7-8-16(6-2)13-19-17(14-18-4)11-9-15(3)10-12-17/h15-16,18H,5-14H2,1-4H3. The minimum absolute atomic E-state index is 0.126. The molecule has 0 aromatic rings. The Labute approximate surface area is 120 Å². The maximum absolute atomic E-state index is 6.45. The number of likely N-dealkylation sites (N-methyl/N-ethyl adjacent to an activating group) is 1. The van der Waals surface area contributed by atoms with Gasteiger partial charge in [-0.1, -0.05) is 40.0 Å². The number of rotatable bonds is 9. The number of unbranched alkanes of at least 4 members (excludes halogenated alkanes) is 1. The van der Waals surface area contributed by atoms with Gasteiger partial charge in [0.15, 0.2) is 0 Å². The Hall–Kier alpha value is -0.0800. The second kappa shape index (κ2) is 8.97. The van der Waals surface area contributed by atoms with E-state index < -0.39 is 0 Å². The smallest absolute Gasteiger partial charge is 0.0806 e. The molecule has 0 amide bonds. The van der Waals surface area contributed by atoms with Crippen molar-refractivity contribution in [2.45, 2.75) is 77.7 Å². The van der Waals surface area contributed by atoms with Gasteiger partial charge in [0.2, 0.25) is 0 Å². The molecule has 2 heteroatoms. The van der Waals surface area contributed by atoms with Crippen molar-refractivity contribution in [2.75, 3.05) is 20.2 Å². The van der Waals surface area contributed by atoms with Gasteiger partial charge < -0.3 is 10.1 Å². The highest BCUT2D eigenvalue weighted by molar-refractivity contribution is 4.88. The normalized spacial score (nSPS) is 29.4. The van der Waals surface area contributed by atoms with E-state index in [2.05, 4.69) is 33.1 Å². The van der Waals surface area contributed by atoms with E-state index in [4.69, 9.17) is 4.74 Å². The van der Waals surface area contributed by atoms with Crippen molar-refractivity contribution in [1.29, 1.82) is 0 Å². The Balaban J connectivity index is 2.44. The largest absolute Gasteiger partial charge is 0.373 e. The summed E-state index contributed by atoms with van der Waals surface area (Å²) >= 11 is 0. The average molecular weight is 269 g/mol. The van der Waals surface area contributed by atoms with Gasteiger partial charge >= 0.3 is 0 Å². The zero-order chi connectivity index (χ0) is 14.1. The van der Waals surface area contributed by atoms with Gasteiger partial charge in [0, 0.05) is 6.54 Å². The zero-order valence-corrected chi connectivity index (χ0v) is 13.6. The molecule has 0 aromatic carbocycles. The number of ether oxygens (including phenoxy) is 1. The van der Waals surface area contributed by atoms with Crippen LogP contribution in [0.4, 0.5) is 0 Å². The van der Waals surface area contributed by atoms with Crippen LogP contribution in [-0.4, -0.2) is 25.8 Å². The summed E-state index contributed by atoms with van der Waals surface area (Å²) in [5.41, 5.74) is 0.126. The van der Waals surface area contributed by atoms with Crippen LogP contribution in [0.2, 0.25) is 0 Å². The molecule has 1 aliphatic rings. The molecular weight excluding hydrogens is 234 g/mol. The first-order chi connectivity index (χ1) is 9.15. The third kappa shape index (κ3) is 5.83. The van der Waals surface area contributed by atoms with E-state index in [9.17, 15) is 0 Å². The number of hydrogen-bond donors (Lipinski definition) is 1. The van der Waals surface area contributed by atoms with Gasteiger partial charge in [0.25, 0.3) is 0 Å². The van der Waals surface area contributed by atoms with Gasteiger partial charge in [-0.15, -0.1) is 0 Å². The number of hydrogen-bond acceptors (Lipinski definition) is 2. The fourth-order valence-corrected chi connectivity index (χ4v) is 3.18. The summed E-state index contributed by atoms with van der Waals surface area (Å²) in [4.78, 5) is 0. The van der Waals surface area contributed by atoms with Crippen molar-refractivity contribution in [3.05, 3.63) is 0 Å². The predicted octanol–water partition coefficient (Wildman–Crippen LogP) is 4.39. The molecule has 0 aromatic heterocycles. The van der Waals surface area contributed by atoms with Gasteiger partial charge in [-0.25, -0.2) is 0 Å². The maximum atomic E-state index is 6.45. The average Bonchev–Trinajstić information content (AvgIpc) is 2.43. The van der Waals surface area contributed by atoms with Crippen molar-refractivity contribution in [1.82, 2.24) is 5.32 Å². The van der Waals surface area contributed by atoms with E-state index in [1.807, 2.05) is 0 Å². The fourth-order valence-electron chi connectivity index (χ4n) is 3.18. The fraction of sp³-hybridized carbons (Fsp3) is 1.00. The van der Waals surface area contributed by atoms with Crippen LogP contribution in [0.1, 0.15) is 72.1 Å². The highest BCUT2D eigenvalue weighted by atomic mass is 16.5. The molecule has 114 valence electrons. The van der Waals surface area contributed by atoms with Crippen LogP contribution >= 0.6 is 0 Å². The Morgan fingerprint density at radius 3 is 2.47 bits per heavy atom. The predicted molar refractivity (Wildman–Crippen MR) is 83.5 cm³/mol.